The molecule has 1 aliphatic rings. The molecule has 39 heavy (non-hydrogen) atoms. The first-order chi connectivity index (χ1) is 18.9. The molecule has 0 atom stereocenters. The summed E-state index contributed by atoms with van der Waals surface area (Å²) in [5.74, 6) is 0.00968. The molecule has 1 saturated carbocycles. The van der Waals surface area contributed by atoms with Gasteiger partial charge in [0.1, 0.15) is 12.4 Å². The number of amides is 1. The molecule has 4 aromatic rings. The lowest BCUT2D eigenvalue weighted by Gasteiger charge is -2.22. The van der Waals surface area contributed by atoms with Crippen molar-refractivity contribution in [2.75, 3.05) is 11.9 Å². The van der Waals surface area contributed by atoms with Gasteiger partial charge in [-0.05, 0) is 73.5 Å². The summed E-state index contributed by atoms with van der Waals surface area (Å²) in [6.45, 7) is 8.23. The summed E-state index contributed by atoms with van der Waals surface area (Å²) in [5, 5.41) is 12.6. The number of ether oxygens (including phenoxy) is 1. The number of nitrogens with one attached hydrogen (secondary N) is 2. The van der Waals surface area contributed by atoms with Crippen molar-refractivity contribution in [3.63, 3.8) is 0 Å². The molecule has 0 saturated heterocycles. The van der Waals surface area contributed by atoms with E-state index in [0.717, 1.165) is 59.0 Å². The minimum atomic E-state index is -1.16. The summed E-state index contributed by atoms with van der Waals surface area (Å²) in [7, 11) is -1.16. The van der Waals surface area contributed by atoms with Crippen molar-refractivity contribution in [1.82, 2.24) is 20.1 Å². The van der Waals surface area contributed by atoms with E-state index in [1.54, 1.807) is 6.20 Å². The van der Waals surface area contributed by atoms with Crippen LogP contribution in [0.2, 0.25) is 25.7 Å². The molecule has 5 rings (SSSR count). The molecule has 0 aliphatic heterocycles. The monoisotopic (exact) mass is 541 g/mol. The van der Waals surface area contributed by atoms with E-state index in [2.05, 4.69) is 53.5 Å². The first-order valence-electron chi connectivity index (χ1n) is 14.0. The van der Waals surface area contributed by atoms with Crippen LogP contribution in [0.4, 0.5) is 11.4 Å². The number of aromatic nitrogens is 3. The quantitative estimate of drug-likeness (QED) is 0.164. The minimum Gasteiger partial charge on any atom is -0.360 e. The van der Waals surface area contributed by atoms with Crippen molar-refractivity contribution in [3.8, 4) is 11.3 Å². The van der Waals surface area contributed by atoms with Crippen molar-refractivity contribution in [3.05, 3.63) is 72.6 Å². The third-order valence-electron chi connectivity index (χ3n) is 7.27. The van der Waals surface area contributed by atoms with Crippen LogP contribution in [0.5, 0.6) is 0 Å². The average molecular weight is 542 g/mol. The highest BCUT2D eigenvalue weighted by molar-refractivity contribution is 6.76. The number of benzene rings is 2. The maximum atomic E-state index is 12.7. The highest BCUT2D eigenvalue weighted by atomic mass is 28.3. The molecular formula is C31H39N5O2Si. The fraction of sp³-hybridized carbons (Fsp3) is 0.387. The zero-order valence-electron chi connectivity index (χ0n) is 23.2. The van der Waals surface area contributed by atoms with Crippen molar-refractivity contribution in [2.24, 2.45) is 0 Å². The number of rotatable bonds is 10. The Bertz CT molecular complexity index is 1390. The average Bonchev–Trinajstić information content (AvgIpc) is 3.30. The number of carbonyl (C=O) groups excluding carboxylic acids is 1. The Kier molecular flexibility index (Phi) is 8.43. The molecule has 0 radical (unpaired) electrons. The molecule has 2 aromatic carbocycles. The Morgan fingerprint density at radius 3 is 2.51 bits per heavy atom. The van der Waals surface area contributed by atoms with Gasteiger partial charge in [-0.3, -0.25) is 9.78 Å². The molecular weight excluding hydrogens is 502 g/mol. The summed E-state index contributed by atoms with van der Waals surface area (Å²) >= 11 is 0. The molecule has 1 amide bonds. The SMILES string of the molecule is C[Si](C)(C)CCOCn1nc(-c2cccnc2)c2cc(Nc3ccc(C(=O)NC4CCCCC4)cc3)ccc21. The lowest BCUT2D eigenvalue weighted by Crippen LogP contribution is -2.36. The topological polar surface area (TPSA) is 81.1 Å². The largest absolute Gasteiger partial charge is 0.360 e. The number of fused-ring (bicyclic) bond motifs is 1. The van der Waals surface area contributed by atoms with Crippen molar-refractivity contribution < 1.29 is 9.53 Å². The normalized spacial score (nSPS) is 14.4. The van der Waals surface area contributed by atoms with Gasteiger partial charge in [-0.1, -0.05) is 38.9 Å². The third kappa shape index (κ3) is 7.13. The van der Waals surface area contributed by atoms with E-state index in [4.69, 9.17) is 9.84 Å². The molecule has 2 heterocycles. The molecule has 0 spiro atoms. The number of hydrogen-bond donors (Lipinski definition) is 2. The van der Waals surface area contributed by atoms with E-state index in [-0.39, 0.29) is 5.91 Å². The zero-order valence-corrected chi connectivity index (χ0v) is 24.2. The number of pyridine rings is 1. The predicted octanol–water partition coefficient (Wildman–Crippen LogP) is 7.22. The van der Waals surface area contributed by atoms with Crippen LogP contribution in [-0.4, -0.2) is 41.4 Å². The summed E-state index contributed by atoms with van der Waals surface area (Å²) in [4.78, 5) is 17.0. The van der Waals surface area contributed by atoms with Gasteiger partial charge < -0.3 is 15.4 Å². The maximum Gasteiger partial charge on any atom is 0.251 e. The van der Waals surface area contributed by atoms with E-state index in [0.29, 0.717) is 18.3 Å². The first kappa shape index (κ1) is 27.1. The van der Waals surface area contributed by atoms with E-state index in [9.17, 15) is 4.79 Å². The fourth-order valence-electron chi connectivity index (χ4n) is 4.99. The lowest BCUT2D eigenvalue weighted by molar-refractivity contribution is 0.0818. The van der Waals surface area contributed by atoms with E-state index < -0.39 is 8.07 Å². The number of nitrogens with zero attached hydrogens (tertiary/aromatic N) is 3. The van der Waals surface area contributed by atoms with E-state index >= 15 is 0 Å². The van der Waals surface area contributed by atoms with Gasteiger partial charge >= 0.3 is 0 Å². The highest BCUT2D eigenvalue weighted by Crippen LogP contribution is 2.31. The molecule has 8 heteroatoms. The molecule has 0 unspecified atom stereocenters. The Morgan fingerprint density at radius 1 is 1.03 bits per heavy atom. The van der Waals surface area contributed by atoms with Gasteiger partial charge in [0.15, 0.2) is 0 Å². The van der Waals surface area contributed by atoms with Gasteiger partial charge in [0, 0.05) is 61.0 Å². The van der Waals surface area contributed by atoms with Crippen LogP contribution in [0.3, 0.4) is 0 Å². The second kappa shape index (κ2) is 12.1. The van der Waals surface area contributed by atoms with Crippen LogP contribution < -0.4 is 10.6 Å². The smallest absolute Gasteiger partial charge is 0.251 e. The summed E-state index contributed by atoms with van der Waals surface area (Å²) < 4.78 is 7.96. The van der Waals surface area contributed by atoms with Crippen molar-refractivity contribution in [1.29, 1.82) is 0 Å². The number of carbonyl (C=O) groups is 1. The van der Waals surface area contributed by atoms with Crippen LogP contribution in [0.15, 0.2) is 67.0 Å². The Hall–Kier alpha value is -3.49. The zero-order chi connectivity index (χ0) is 27.2. The Morgan fingerprint density at radius 2 is 1.79 bits per heavy atom. The third-order valence-corrected chi connectivity index (χ3v) is 8.98. The number of hydrogen-bond acceptors (Lipinski definition) is 5. The van der Waals surface area contributed by atoms with E-state index in [1.807, 2.05) is 47.3 Å². The first-order valence-corrected chi connectivity index (χ1v) is 17.7. The molecule has 0 bridgehead atoms. The second-order valence-corrected chi connectivity index (χ2v) is 17.3. The Labute approximate surface area is 232 Å². The molecule has 1 fully saturated rings. The van der Waals surface area contributed by atoms with Crippen LogP contribution in [0.25, 0.3) is 22.2 Å². The molecule has 2 N–H and O–H groups in total. The minimum absolute atomic E-state index is 0.00968. The van der Waals surface area contributed by atoms with Crippen LogP contribution in [0, 0.1) is 0 Å². The van der Waals surface area contributed by atoms with Gasteiger partial charge in [0.2, 0.25) is 0 Å². The molecule has 1 aliphatic carbocycles. The lowest BCUT2D eigenvalue weighted by atomic mass is 9.95. The maximum absolute atomic E-state index is 12.7. The molecule has 7 nitrogen and oxygen atoms in total. The summed E-state index contributed by atoms with van der Waals surface area (Å²) in [5.41, 5.74) is 5.43. The van der Waals surface area contributed by atoms with Gasteiger partial charge in [-0.15, -0.1) is 0 Å². The van der Waals surface area contributed by atoms with E-state index in [1.165, 1.54) is 19.3 Å². The fourth-order valence-corrected chi connectivity index (χ4v) is 5.74. The second-order valence-electron chi connectivity index (χ2n) is 11.7. The standard InChI is InChI=1S/C31H39N5O2Si/c1-39(2,3)19-18-38-22-36-29-16-15-27(20-28(29)30(35-36)24-8-7-17-32-21-24)33-26-13-11-23(12-14-26)31(37)34-25-9-5-4-6-10-25/h7-8,11-17,20-21,25,33H,4-6,9-10,18-19,22H2,1-3H3,(H,34,37). The number of anilines is 2. The highest BCUT2D eigenvalue weighted by Gasteiger charge is 2.17. The van der Waals surface area contributed by atoms with Crippen LogP contribution in [-0.2, 0) is 11.5 Å². The van der Waals surface area contributed by atoms with Crippen LogP contribution >= 0.6 is 0 Å². The van der Waals surface area contributed by atoms with Gasteiger partial charge in [-0.25, -0.2) is 4.68 Å². The Balaban J connectivity index is 1.32. The van der Waals surface area contributed by atoms with Gasteiger partial charge in [-0.2, -0.15) is 5.10 Å². The molecule has 2 aromatic heterocycles. The predicted molar refractivity (Wildman–Crippen MR) is 161 cm³/mol. The van der Waals surface area contributed by atoms with Crippen molar-refractivity contribution >= 4 is 36.3 Å². The molecule has 204 valence electrons. The summed E-state index contributed by atoms with van der Waals surface area (Å²) in [6, 6.07) is 19.3. The van der Waals surface area contributed by atoms with Gasteiger partial charge in [0.25, 0.3) is 5.91 Å². The summed E-state index contributed by atoms with van der Waals surface area (Å²) in [6.07, 6.45) is 9.45. The van der Waals surface area contributed by atoms with Gasteiger partial charge in [0.05, 0.1) is 5.52 Å². The van der Waals surface area contributed by atoms with Crippen LogP contribution in [0.1, 0.15) is 42.5 Å². The van der Waals surface area contributed by atoms with Crippen molar-refractivity contribution in [2.45, 2.75) is 70.6 Å².